The van der Waals surface area contributed by atoms with Gasteiger partial charge in [-0.3, -0.25) is 4.21 Å². The lowest BCUT2D eigenvalue weighted by atomic mass is 10.2. The smallest absolute Gasteiger partial charge is 0.339 e. The van der Waals surface area contributed by atoms with Crippen LogP contribution in [0.4, 0.5) is 0 Å². The van der Waals surface area contributed by atoms with Crippen molar-refractivity contribution < 1.29 is 18.3 Å². The fraction of sp³-hybridized carbons (Fsp3) is 0.188. The van der Waals surface area contributed by atoms with Gasteiger partial charge in [0.15, 0.2) is 6.61 Å². The zero-order chi connectivity index (χ0) is 16.9. The number of hydrogen-bond acceptors (Lipinski definition) is 7. The second-order valence-corrected chi connectivity index (χ2v) is 7.22. The molecular weight excluding hydrogens is 348 g/mol. The summed E-state index contributed by atoms with van der Waals surface area (Å²) < 4.78 is 22.4. The van der Waals surface area contributed by atoms with Gasteiger partial charge in [-0.15, -0.1) is 0 Å². The second kappa shape index (κ2) is 7.50. The quantitative estimate of drug-likeness (QED) is 0.626. The summed E-state index contributed by atoms with van der Waals surface area (Å²) in [5, 5.41) is 7.59. The largest absolute Gasteiger partial charge is 0.454 e. The molecule has 0 aliphatic carbocycles. The summed E-state index contributed by atoms with van der Waals surface area (Å²) in [6.07, 6.45) is 0. The summed E-state index contributed by atoms with van der Waals surface area (Å²) in [5.41, 5.74) is 1.12. The molecule has 2 heterocycles. The number of hydrogen-bond donors (Lipinski definition) is 0. The van der Waals surface area contributed by atoms with Crippen molar-refractivity contribution >= 4 is 28.1 Å². The number of thiophene rings is 1. The third-order valence-electron chi connectivity index (χ3n) is 3.18. The fourth-order valence-electron chi connectivity index (χ4n) is 2.01. The number of nitrogens with zero attached hydrogens (tertiary/aromatic N) is 2. The first kappa shape index (κ1) is 16.5. The van der Waals surface area contributed by atoms with Gasteiger partial charge in [-0.25, -0.2) is 4.79 Å². The molecule has 0 saturated carbocycles. The van der Waals surface area contributed by atoms with E-state index in [-0.39, 0.29) is 12.4 Å². The normalized spacial score (nSPS) is 12.0. The van der Waals surface area contributed by atoms with Crippen LogP contribution in [0.25, 0.3) is 11.5 Å². The predicted molar refractivity (Wildman–Crippen MR) is 90.1 cm³/mol. The summed E-state index contributed by atoms with van der Waals surface area (Å²) in [5.74, 6) is 0.529. The van der Waals surface area contributed by atoms with Crippen LogP contribution in [0, 0.1) is 0 Å². The molecule has 2 aromatic heterocycles. The highest BCUT2D eigenvalue weighted by Gasteiger charge is 2.17. The summed E-state index contributed by atoms with van der Waals surface area (Å²) in [6.45, 7) is 1.68. The molecule has 0 bridgehead atoms. The molecule has 3 aromatic rings. The number of carbonyl (C=O) groups excluding carboxylic acids is 1. The molecule has 8 heteroatoms. The van der Waals surface area contributed by atoms with Crippen molar-refractivity contribution in [1.29, 1.82) is 0 Å². The van der Waals surface area contributed by atoms with Crippen molar-refractivity contribution in [3.63, 3.8) is 0 Å². The number of carbonyl (C=O) groups is 1. The Kier molecular flexibility index (Phi) is 5.17. The molecule has 3 rings (SSSR count). The Bertz CT molecular complexity index is 859. The first-order valence-electron chi connectivity index (χ1n) is 7.18. The van der Waals surface area contributed by atoms with E-state index in [1.54, 1.807) is 31.2 Å². The van der Waals surface area contributed by atoms with Crippen molar-refractivity contribution in [2.24, 2.45) is 0 Å². The summed E-state index contributed by atoms with van der Waals surface area (Å²) in [7, 11) is -1.24. The third kappa shape index (κ3) is 3.60. The lowest BCUT2D eigenvalue weighted by molar-refractivity contribution is 0.0455. The first-order valence-corrected chi connectivity index (χ1v) is 9.45. The fourth-order valence-corrected chi connectivity index (χ4v) is 3.58. The van der Waals surface area contributed by atoms with Crippen LogP contribution in [0.5, 0.6) is 0 Å². The van der Waals surface area contributed by atoms with Gasteiger partial charge in [-0.2, -0.15) is 16.3 Å². The standard InChI is InChI=1S/C16H14N2O4S2/c1-2-24(20)13-6-4-3-5-12(13)16(19)21-9-14-17-15(22-18-14)11-7-8-23-10-11/h3-8,10H,2,9H2,1H3. The van der Waals surface area contributed by atoms with Crippen LogP contribution in [-0.4, -0.2) is 26.1 Å². The number of benzene rings is 1. The van der Waals surface area contributed by atoms with E-state index in [2.05, 4.69) is 10.1 Å². The summed E-state index contributed by atoms with van der Waals surface area (Å²) in [4.78, 5) is 16.9. The lowest BCUT2D eigenvalue weighted by Crippen LogP contribution is -2.10. The molecule has 0 N–H and O–H groups in total. The lowest BCUT2D eigenvalue weighted by Gasteiger charge is -2.07. The van der Waals surface area contributed by atoms with Crippen molar-refractivity contribution in [3.8, 4) is 11.5 Å². The molecule has 1 unspecified atom stereocenters. The Morgan fingerprint density at radius 1 is 1.33 bits per heavy atom. The molecule has 0 aliphatic rings. The van der Waals surface area contributed by atoms with Gasteiger partial charge in [0.2, 0.25) is 5.82 Å². The van der Waals surface area contributed by atoms with E-state index in [1.165, 1.54) is 11.3 Å². The van der Waals surface area contributed by atoms with Crippen molar-refractivity contribution in [2.45, 2.75) is 18.4 Å². The highest BCUT2D eigenvalue weighted by atomic mass is 32.2. The van der Waals surface area contributed by atoms with E-state index >= 15 is 0 Å². The number of aromatic nitrogens is 2. The monoisotopic (exact) mass is 362 g/mol. The molecule has 0 fully saturated rings. The maximum atomic E-state index is 12.3. The van der Waals surface area contributed by atoms with Crippen LogP contribution in [-0.2, 0) is 22.1 Å². The van der Waals surface area contributed by atoms with Gasteiger partial charge in [0, 0.05) is 11.1 Å². The Balaban J connectivity index is 1.69. The first-order chi connectivity index (χ1) is 11.7. The molecule has 124 valence electrons. The Hall–Kier alpha value is -2.32. The number of ether oxygens (including phenoxy) is 1. The van der Waals surface area contributed by atoms with Gasteiger partial charge in [0.05, 0.1) is 26.8 Å². The molecule has 0 radical (unpaired) electrons. The highest BCUT2D eigenvalue weighted by Crippen LogP contribution is 2.20. The van der Waals surface area contributed by atoms with E-state index < -0.39 is 16.8 Å². The van der Waals surface area contributed by atoms with Crippen molar-refractivity contribution in [2.75, 3.05) is 5.75 Å². The second-order valence-electron chi connectivity index (χ2n) is 4.73. The summed E-state index contributed by atoms with van der Waals surface area (Å²) in [6, 6.07) is 8.57. The van der Waals surface area contributed by atoms with Crippen molar-refractivity contribution in [3.05, 3.63) is 52.5 Å². The van der Waals surface area contributed by atoms with E-state index in [1.807, 2.05) is 16.8 Å². The van der Waals surface area contributed by atoms with E-state index in [0.717, 1.165) is 5.56 Å². The number of rotatable bonds is 6. The minimum Gasteiger partial charge on any atom is -0.454 e. The zero-order valence-corrected chi connectivity index (χ0v) is 14.4. The van der Waals surface area contributed by atoms with Gasteiger partial charge in [-0.1, -0.05) is 24.2 Å². The average molecular weight is 362 g/mol. The maximum absolute atomic E-state index is 12.3. The average Bonchev–Trinajstić information content (AvgIpc) is 3.30. The van der Waals surface area contributed by atoms with Crippen LogP contribution < -0.4 is 0 Å². The topological polar surface area (TPSA) is 82.3 Å². The predicted octanol–water partition coefficient (Wildman–Crippen LogP) is 3.28. The van der Waals surface area contributed by atoms with Crippen LogP contribution in [0.2, 0.25) is 0 Å². The highest BCUT2D eigenvalue weighted by molar-refractivity contribution is 7.85. The molecule has 1 aromatic carbocycles. The van der Waals surface area contributed by atoms with Gasteiger partial charge in [0.1, 0.15) is 0 Å². The molecule has 1 atom stereocenters. The Morgan fingerprint density at radius 2 is 2.17 bits per heavy atom. The van der Waals surface area contributed by atoms with E-state index in [0.29, 0.717) is 22.1 Å². The van der Waals surface area contributed by atoms with Crippen LogP contribution in [0.1, 0.15) is 23.1 Å². The minimum atomic E-state index is -1.24. The Morgan fingerprint density at radius 3 is 2.92 bits per heavy atom. The van der Waals surface area contributed by atoms with Gasteiger partial charge in [-0.05, 0) is 23.6 Å². The van der Waals surface area contributed by atoms with Crippen LogP contribution >= 0.6 is 11.3 Å². The SMILES string of the molecule is CCS(=O)c1ccccc1C(=O)OCc1noc(-c2ccsc2)n1. The van der Waals surface area contributed by atoms with Crippen LogP contribution in [0.15, 0.2) is 50.5 Å². The zero-order valence-electron chi connectivity index (χ0n) is 12.8. The van der Waals surface area contributed by atoms with Gasteiger partial charge >= 0.3 is 5.97 Å². The molecule has 0 aliphatic heterocycles. The molecule has 6 nitrogen and oxygen atoms in total. The van der Waals surface area contributed by atoms with Crippen LogP contribution in [0.3, 0.4) is 0 Å². The molecule has 24 heavy (non-hydrogen) atoms. The van der Waals surface area contributed by atoms with E-state index in [4.69, 9.17) is 9.26 Å². The molecule has 0 spiro atoms. The third-order valence-corrected chi connectivity index (χ3v) is 5.24. The van der Waals surface area contributed by atoms with E-state index in [9.17, 15) is 9.00 Å². The van der Waals surface area contributed by atoms with Gasteiger partial charge < -0.3 is 9.26 Å². The summed E-state index contributed by atoms with van der Waals surface area (Å²) >= 11 is 1.52. The molecule has 0 saturated heterocycles. The number of esters is 1. The van der Waals surface area contributed by atoms with Crippen molar-refractivity contribution in [1.82, 2.24) is 10.1 Å². The minimum absolute atomic E-state index is 0.112. The Labute approximate surface area is 144 Å². The molecule has 0 amide bonds. The maximum Gasteiger partial charge on any atom is 0.339 e. The van der Waals surface area contributed by atoms with Gasteiger partial charge in [0.25, 0.3) is 5.89 Å². The molecular formula is C16H14N2O4S2.